The summed E-state index contributed by atoms with van der Waals surface area (Å²) in [5.74, 6) is 0.455. The van der Waals surface area contributed by atoms with Crippen molar-refractivity contribution < 1.29 is 27.9 Å². The average Bonchev–Trinajstić information content (AvgIpc) is 2.70. The maximum absolute atomic E-state index is 12.9. The molecule has 0 saturated heterocycles. The van der Waals surface area contributed by atoms with Crippen LogP contribution in [0, 0.1) is 0 Å². The first kappa shape index (κ1) is 21.9. The summed E-state index contributed by atoms with van der Waals surface area (Å²) in [6.45, 7) is 5.24. The van der Waals surface area contributed by atoms with E-state index in [-0.39, 0.29) is 13.2 Å². The largest absolute Gasteiger partial charge is 0.511 e. The molecule has 0 aromatic heterocycles. The van der Waals surface area contributed by atoms with Crippen LogP contribution in [-0.4, -0.2) is 26.4 Å². The van der Waals surface area contributed by atoms with Gasteiger partial charge in [-0.25, -0.2) is 4.57 Å². The zero-order valence-corrected chi connectivity index (χ0v) is 17.0. The molecule has 0 saturated carbocycles. The Kier molecular flexibility index (Phi) is 9.81. The van der Waals surface area contributed by atoms with Crippen molar-refractivity contribution in [2.45, 2.75) is 39.5 Å². The second-order valence-corrected chi connectivity index (χ2v) is 7.57. The van der Waals surface area contributed by atoms with Crippen molar-refractivity contribution in [1.82, 2.24) is 0 Å². The molecule has 6 nitrogen and oxygen atoms in total. The van der Waals surface area contributed by atoms with Gasteiger partial charge in [-0.3, -0.25) is 9.05 Å². The second kappa shape index (κ2) is 12.1. The SMILES string of the molecule is CCCCCCOP(=O)(OCCOCC)OOc1cccc2ccccc12. The quantitative estimate of drug-likeness (QED) is 0.171. The van der Waals surface area contributed by atoms with E-state index in [1.165, 1.54) is 0 Å². The standard InChI is InChI=1S/C20H29O6P/c1-3-5-6-9-15-23-27(21,24-17-16-22-4-2)26-25-20-14-10-12-18-11-7-8-13-19(18)20/h7-8,10-14H,3-6,9,15-17H2,1-2H3. The normalized spacial score (nSPS) is 13.6. The number of rotatable bonds is 14. The van der Waals surface area contributed by atoms with Crippen molar-refractivity contribution in [3.63, 3.8) is 0 Å². The van der Waals surface area contributed by atoms with Crippen molar-refractivity contribution in [3.8, 4) is 5.75 Å². The molecule has 1 atom stereocenters. The zero-order valence-electron chi connectivity index (χ0n) is 16.1. The highest BCUT2D eigenvalue weighted by Crippen LogP contribution is 2.50. The lowest BCUT2D eigenvalue weighted by atomic mass is 10.1. The lowest BCUT2D eigenvalue weighted by molar-refractivity contribution is -0.132. The van der Waals surface area contributed by atoms with Crippen LogP contribution in [0.3, 0.4) is 0 Å². The van der Waals surface area contributed by atoms with Crippen LogP contribution in [-0.2, 0) is 23.0 Å². The summed E-state index contributed by atoms with van der Waals surface area (Å²) >= 11 is 0. The van der Waals surface area contributed by atoms with Gasteiger partial charge >= 0.3 is 7.82 Å². The van der Waals surface area contributed by atoms with Crippen LogP contribution in [0.2, 0.25) is 0 Å². The fourth-order valence-corrected chi connectivity index (χ4v) is 3.48. The first-order chi connectivity index (χ1) is 13.2. The van der Waals surface area contributed by atoms with E-state index >= 15 is 0 Å². The highest BCUT2D eigenvalue weighted by atomic mass is 31.2. The van der Waals surface area contributed by atoms with E-state index in [1.54, 1.807) is 6.07 Å². The van der Waals surface area contributed by atoms with Gasteiger partial charge in [0.1, 0.15) is 0 Å². The van der Waals surface area contributed by atoms with Gasteiger partial charge in [0.15, 0.2) is 5.75 Å². The molecule has 0 fully saturated rings. The van der Waals surface area contributed by atoms with Crippen LogP contribution in [0.4, 0.5) is 0 Å². The van der Waals surface area contributed by atoms with E-state index in [9.17, 15) is 4.57 Å². The molecule has 0 amide bonds. The van der Waals surface area contributed by atoms with Crippen LogP contribution < -0.4 is 4.89 Å². The Hall–Kier alpha value is -1.43. The summed E-state index contributed by atoms with van der Waals surface area (Å²) < 4.78 is 34.0. The van der Waals surface area contributed by atoms with Crippen molar-refractivity contribution in [2.75, 3.05) is 26.4 Å². The predicted octanol–water partition coefficient (Wildman–Crippen LogP) is 5.91. The maximum atomic E-state index is 12.9. The number of ether oxygens (including phenoxy) is 1. The molecule has 2 aromatic rings. The molecule has 0 aliphatic carbocycles. The van der Waals surface area contributed by atoms with Gasteiger partial charge in [-0.15, -0.1) is 0 Å². The third-order valence-corrected chi connectivity index (χ3v) is 5.15. The number of hydrogen-bond acceptors (Lipinski definition) is 6. The van der Waals surface area contributed by atoms with Crippen LogP contribution in [0.15, 0.2) is 42.5 Å². The van der Waals surface area contributed by atoms with E-state index in [0.29, 0.717) is 19.0 Å². The average molecular weight is 396 g/mol. The maximum Gasteiger partial charge on any atom is 0.511 e. The number of phosphoric acid groups is 1. The van der Waals surface area contributed by atoms with Crippen LogP contribution >= 0.6 is 7.82 Å². The first-order valence-corrected chi connectivity index (χ1v) is 11.0. The van der Waals surface area contributed by atoms with E-state index in [4.69, 9.17) is 23.3 Å². The van der Waals surface area contributed by atoms with Crippen LogP contribution in [0.25, 0.3) is 10.8 Å². The number of fused-ring (bicyclic) bond motifs is 1. The Balaban J connectivity index is 1.97. The minimum Gasteiger partial charge on any atom is -0.379 e. The van der Waals surface area contributed by atoms with E-state index < -0.39 is 7.82 Å². The summed E-state index contributed by atoms with van der Waals surface area (Å²) in [4.78, 5) is 5.37. The summed E-state index contributed by atoms with van der Waals surface area (Å²) in [6.07, 6.45) is 4.00. The molecule has 0 radical (unpaired) electrons. The van der Waals surface area contributed by atoms with E-state index in [0.717, 1.165) is 36.5 Å². The highest BCUT2D eigenvalue weighted by molar-refractivity contribution is 7.48. The fraction of sp³-hybridized carbons (Fsp3) is 0.500. The van der Waals surface area contributed by atoms with Gasteiger partial charge in [0.05, 0.1) is 19.8 Å². The molecule has 0 bridgehead atoms. The smallest absolute Gasteiger partial charge is 0.379 e. The minimum absolute atomic E-state index is 0.0962. The molecular formula is C20H29O6P. The Morgan fingerprint density at radius 1 is 0.852 bits per heavy atom. The van der Waals surface area contributed by atoms with Crippen LogP contribution in [0.5, 0.6) is 5.75 Å². The summed E-state index contributed by atoms with van der Waals surface area (Å²) in [5, 5.41) is 1.84. The topological polar surface area (TPSA) is 63.2 Å². The van der Waals surface area contributed by atoms with Gasteiger partial charge in [-0.1, -0.05) is 67.3 Å². The second-order valence-electron chi connectivity index (χ2n) is 6.01. The molecule has 7 heteroatoms. The molecule has 27 heavy (non-hydrogen) atoms. The van der Waals surface area contributed by atoms with E-state index in [1.807, 2.05) is 43.3 Å². The lowest BCUT2D eigenvalue weighted by Gasteiger charge is -2.17. The number of benzene rings is 2. The number of phosphoric ester groups is 1. The summed E-state index contributed by atoms with van der Waals surface area (Å²) in [6, 6.07) is 13.3. The van der Waals surface area contributed by atoms with Gasteiger partial charge < -0.3 is 9.62 Å². The molecule has 1 unspecified atom stereocenters. The third kappa shape index (κ3) is 7.60. The van der Waals surface area contributed by atoms with Gasteiger partial charge in [0.25, 0.3) is 0 Å². The third-order valence-electron chi connectivity index (χ3n) is 3.90. The molecule has 0 N–H and O–H groups in total. The van der Waals surface area contributed by atoms with Gasteiger partial charge in [0.2, 0.25) is 0 Å². The Morgan fingerprint density at radius 2 is 1.63 bits per heavy atom. The Morgan fingerprint density at radius 3 is 2.44 bits per heavy atom. The monoisotopic (exact) mass is 396 g/mol. The minimum atomic E-state index is -3.85. The predicted molar refractivity (Wildman–Crippen MR) is 106 cm³/mol. The molecule has 0 heterocycles. The van der Waals surface area contributed by atoms with Gasteiger partial charge in [-0.05, 0) is 24.8 Å². The van der Waals surface area contributed by atoms with Gasteiger partial charge in [0, 0.05) is 12.0 Å². The Bertz CT molecular complexity index is 715. The molecular weight excluding hydrogens is 367 g/mol. The van der Waals surface area contributed by atoms with Gasteiger partial charge in [-0.2, -0.15) is 0 Å². The molecule has 0 aliphatic heterocycles. The zero-order chi connectivity index (χ0) is 19.4. The fourth-order valence-electron chi connectivity index (χ4n) is 2.49. The first-order valence-electron chi connectivity index (χ1n) is 9.49. The van der Waals surface area contributed by atoms with Crippen molar-refractivity contribution in [3.05, 3.63) is 42.5 Å². The van der Waals surface area contributed by atoms with E-state index in [2.05, 4.69) is 6.92 Å². The van der Waals surface area contributed by atoms with Crippen molar-refractivity contribution >= 4 is 18.6 Å². The molecule has 2 aromatic carbocycles. The summed E-state index contributed by atoms with van der Waals surface area (Å²) in [7, 11) is -3.85. The summed E-state index contributed by atoms with van der Waals surface area (Å²) in [5.41, 5.74) is 0. The molecule has 2 rings (SSSR count). The highest BCUT2D eigenvalue weighted by Gasteiger charge is 2.29. The van der Waals surface area contributed by atoms with Crippen molar-refractivity contribution in [1.29, 1.82) is 0 Å². The number of unbranched alkanes of at least 4 members (excludes halogenated alkanes) is 3. The molecule has 0 spiro atoms. The Labute approximate surface area is 161 Å². The molecule has 0 aliphatic rings. The molecule has 150 valence electrons. The number of hydrogen-bond donors (Lipinski definition) is 0. The lowest BCUT2D eigenvalue weighted by Crippen LogP contribution is -2.08. The van der Waals surface area contributed by atoms with Crippen molar-refractivity contribution in [2.24, 2.45) is 0 Å². The van der Waals surface area contributed by atoms with Crippen LogP contribution in [0.1, 0.15) is 39.5 Å².